The first-order chi connectivity index (χ1) is 16.6. The van der Waals surface area contributed by atoms with E-state index in [9.17, 15) is 14.7 Å². The van der Waals surface area contributed by atoms with Crippen LogP contribution < -0.4 is 0 Å². The molecule has 2 unspecified atom stereocenters. The molecule has 1 aliphatic heterocycles. The van der Waals surface area contributed by atoms with E-state index in [1.165, 1.54) is 5.56 Å². The van der Waals surface area contributed by atoms with E-state index in [1.54, 1.807) is 0 Å². The monoisotopic (exact) mass is 450 g/mol. The molecule has 170 valence electrons. The maximum atomic E-state index is 14.1. The smallest absolute Gasteiger partial charge is 0.315 e. The molecule has 5 rings (SSSR count). The molecule has 4 aromatic rings. The second kappa shape index (κ2) is 9.24. The van der Waals surface area contributed by atoms with Gasteiger partial charge in [-0.15, -0.1) is 0 Å². The van der Waals surface area contributed by atoms with Crippen molar-refractivity contribution in [1.29, 1.82) is 0 Å². The van der Waals surface area contributed by atoms with Crippen molar-refractivity contribution in [2.45, 2.75) is 31.8 Å². The summed E-state index contributed by atoms with van der Waals surface area (Å²) in [5.74, 6) is -0.955. The molecule has 34 heavy (non-hydrogen) atoms. The molecular weight excluding hydrogens is 422 g/mol. The number of carbonyl (C=O) groups is 2. The normalized spacial score (nSPS) is 19.5. The first kappa shape index (κ1) is 22.1. The average molecular weight is 451 g/mol. The molecule has 0 spiro atoms. The summed E-state index contributed by atoms with van der Waals surface area (Å²) in [5, 5.41) is 11.6. The number of hydrogen-bond acceptors (Lipinski definition) is 2. The number of nitrogens with zero attached hydrogens (tertiary/aromatic N) is 1. The molecular formula is C30H28NO3+. The number of hydrogen-bond donors (Lipinski definition) is 1. The van der Waals surface area contributed by atoms with Crippen molar-refractivity contribution in [1.82, 2.24) is 0 Å². The van der Waals surface area contributed by atoms with E-state index >= 15 is 0 Å². The minimum atomic E-state index is -0.940. The highest BCUT2D eigenvalue weighted by Gasteiger charge is 2.48. The predicted octanol–water partition coefficient (Wildman–Crippen LogP) is 5.89. The van der Waals surface area contributed by atoms with E-state index in [-0.39, 0.29) is 29.3 Å². The summed E-state index contributed by atoms with van der Waals surface area (Å²) in [6.45, 7) is 1.16. The summed E-state index contributed by atoms with van der Waals surface area (Å²) in [5.41, 5.74) is 4.61. The van der Waals surface area contributed by atoms with Crippen LogP contribution in [0, 0.1) is 0 Å². The molecule has 1 aliphatic rings. The first-order valence-electron chi connectivity index (χ1n) is 11.8. The Balaban J connectivity index is 1.71. The third-order valence-electron chi connectivity index (χ3n) is 7.12. The van der Waals surface area contributed by atoms with Crippen LogP contribution in [0.2, 0.25) is 0 Å². The Morgan fingerprint density at radius 1 is 0.794 bits per heavy atom. The van der Waals surface area contributed by atoms with Crippen molar-refractivity contribution in [2.24, 2.45) is 0 Å². The third-order valence-corrected chi connectivity index (χ3v) is 7.12. The highest BCUT2D eigenvalue weighted by Crippen LogP contribution is 2.44. The largest absolute Gasteiger partial charge is 0.481 e. The summed E-state index contributed by atoms with van der Waals surface area (Å²) in [6, 6.07) is 32.9. The molecule has 0 aliphatic carbocycles. The molecule has 1 amide bonds. The van der Waals surface area contributed by atoms with Gasteiger partial charge >= 0.3 is 11.9 Å². The number of amides is 1. The predicted molar refractivity (Wildman–Crippen MR) is 133 cm³/mol. The van der Waals surface area contributed by atoms with Gasteiger partial charge in [0.1, 0.15) is 12.6 Å². The number of carboxylic acid groups (broad SMARTS) is 1. The topological polar surface area (TPSA) is 54.4 Å². The molecule has 0 radical (unpaired) electrons. The fourth-order valence-corrected chi connectivity index (χ4v) is 5.54. The molecule has 1 N–H and O–H groups in total. The van der Waals surface area contributed by atoms with E-state index < -0.39 is 5.97 Å². The van der Waals surface area contributed by atoms with Crippen molar-refractivity contribution in [3.8, 4) is 0 Å². The van der Waals surface area contributed by atoms with Crippen molar-refractivity contribution in [3.63, 3.8) is 0 Å². The fraction of sp³-hybridized carbons (Fsp3) is 0.200. The van der Waals surface area contributed by atoms with Gasteiger partial charge in [-0.2, -0.15) is 0 Å². The van der Waals surface area contributed by atoms with Gasteiger partial charge in [-0.1, -0.05) is 97.1 Å². The molecule has 4 nitrogen and oxygen atoms in total. The van der Waals surface area contributed by atoms with Gasteiger partial charge in [-0.05, 0) is 16.3 Å². The Morgan fingerprint density at radius 3 is 2.32 bits per heavy atom. The van der Waals surface area contributed by atoms with Gasteiger partial charge in [-0.25, -0.2) is 9.28 Å². The minimum absolute atomic E-state index is 0.0151. The molecule has 0 aromatic heterocycles. The maximum absolute atomic E-state index is 14.1. The van der Waals surface area contributed by atoms with Gasteiger partial charge in [0.25, 0.3) is 0 Å². The number of carbonyl (C=O) groups excluding carboxylic acids is 1. The van der Waals surface area contributed by atoms with E-state index in [4.69, 9.17) is 0 Å². The maximum Gasteiger partial charge on any atom is 0.315 e. The zero-order valence-electron chi connectivity index (χ0n) is 19.1. The number of benzene rings is 4. The second-order valence-corrected chi connectivity index (χ2v) is 9.10. The van der Waals surface area contributed by atoms with Gasteiger partial charge in [0.05, 0.1) is 19.4 Å². The van der Waals surface area contributed by atoms with Crippen molar-refractivity contribution in [2.75, 3.05) is 6.54 Å². The van der Waals surface area contributed by atoms with Crippen molar-refractivity contribution >= 4 is 22.6 Å². The van der Waals surface area contributed by atoms with Gasteiger partial charge < -0.3 is 5.11 Å². The summed E-state index contributed by atoms with van der Waals surface area (Å²) < 4.78 is 0.197. The zero-order chi connectivity index (χ0) is 23.5. The van der Waals surface area contributed by atoms with E-state index in [2.05, 4.69) is 54.6 Å². The van der Waals surface area contributed by atoms with Crippen molar-refractivity contribution < 1.29 is 19.2 Å². The molecule has 0 saturated carbocycles. The zero-order valence-corrected chi connectivity index (χ0v) is 19.1. The lowest BCUT2D eigenvalue weighted by atomic mass is 9.84. The van der Waals surface area contributed by atoms with Gasteiger partial charge in [0.2, 0.25) is 0 Å². The van der Waals surface area contributed by atoms with Crippen molar-refractivity contribution in [3.05, 3.63) is 119 Å². The Kier molecular flexibility index (Phi) is 5.99. The third kappa shape index (κ3) is 4.02. The van der Waals surface area contributed by atoms with Gasteiger partial charge in [0.15, 0.2) is 0 Å². The number of carboxylic acids is 1. The molecule has 4 heteroatoms. The van der Waals surface area contributed by atoms with Crippen LogP contribution in [0.15, 0.2) is 97.1 Å². The molecule has 1 heterocycles. The summed E-state index contributed by atoms with van der Waals surface area (Å²) in [7, 11) is 0. The Morgan fingerprint density at radius 2 is 1.50 bits per heavy atom. The Hall–Kier alpha value is -3.76. The SMILES string of the molecule is O=C(O)CCC(=O)[N+]1(Cc2cccc3ccccc23)CCc2ccccc2C1c1ccccc1. The molecule has 0 bridgehead atoms. The minimum Gasteiger partial charge on any atom is -0.481 e. The van der Waals surface area contributed by atoms with Gasteiger partial charge in [0, 0.05) is 23.1 Å². The van der Waals surface area contributed by atoms with Crippen LogP contribution in [0.3, 0.4) is 0 Å². The molecule has 0 saturated heterocycles. The van der Waals surface area contributed by atoms with Crippen LogP contribution in [0.25, 0.3) is 10.8 Å². The van der Waals surface area contributed by atoms with E-state index in [0.717, 1.165) is 33.9 Å². The standard InChI is InChI=1S/C30H27NO3/c32-28(17-18-29(33)34)31(21-25-14-8-13-22-9-4-6-15-26(22)25)20-19-23-10-5-7-16-27(23)30(31)24-11-2-1-3-12-24/h1-16,30H,17-21H2/p+1. The second-order valence-electron chi connectivity index (χ2n) is 9.10. The molecule has 0 fully saturated rings. The van der Waals surface area contributed by atoms with Crippen LogP contribution in [0.4, 0.5) is 0 Å². The van der Waals surface area contributed by atoms with E-state index in [1.807, 2.05) is 42.5 Å². The summed E-state index contributed by atoms with van der Waals surface area (Å²) in [4.78, 5) is 25.5. The number of fused-ring (bicyclic) bond motifs is 2. The van der Waals surface area contributed by atoms with Gasteiger partial charge in [-0.3, -0.25) is 4.79 Å². The number of quaternary nitrogens is 1. The molecule has 2 atom stereocenters. The van der Waals surface area contributed by atoms with Crippen LogP contribution >= 0.6 is 0 Å². The average Bonchev–Trinajstić information content (AvgIpc) is 2.87. The lowest BCUT2D eigenvalue weighted by Crippen LogP contribution is -2.58. The Bertz CT molecular complexity index is 1340. The number of aliphatic carboxylic acids is 1. The van der Waals surface area contributed by atoms with Crippen LogP contribution in [0.5, 0.6) is 0 Å². The quantitative estimate of drug-likeness (QED) is 0.373. The Labute approximate surface area is 199 Å². The number of rotatable bonds is 6. The van der Waals surface area contributed by atoms with E-state index in [0.29, 0.717) is 13.1 Å². The lowest BCUT2D eigenvalue weighted by Gasteiger charge is -2.46. The fourth-order valence-electron chi connectivity index (χ4n) is 5.54. The highest BCUT2D eigenvalue weighted by molar-refractivity contribution is 5.86. The summed E-state index contributed by atoms with van der Waals surface area (Å²) in [6.07, 6.45) is 0.645. The van der Waals surface area contributed by atoms with Crippen LogP contribution in [-0.2, 0) is 22.6 Å². The lowest BCUT2D eigenvalue weighted by molar-refractivity contribution is -0.895. The summed E-state index contributed by atoms with van der Waals surface area (Å²) >= 11 is 0. The molecule has 4 aromatic carbocycles. The van der Waals surface area contributed by atoms with Crippen LogP contribution in [0.1, 0.15) is 41.1 Å². The first-order valence-corrected chi connectivity index (χ1v) is 11.8. The highest BCUT2D eigenvalue weighted by atomic mass is 16.4. The van der Waals surface area contributed by atoms with Crippen LogP contribution in [-0.4, -0.2) is 28.0 Å².